The molecule has 1 aromatic heterocycles. The second kappa shape index (κ2) is 8.27. The molecule has 0 saturated heterocycles. The molecule has 3 rings (SSSR count). The molecule has 1 unspecified atom stereocenters. The molecule has 0 bridgehead atoms. The van der Waals surface area contributed by atoms with Crippen LogP contribution in [0.15, 0.2) is 54.6 Å². The van der Waals surface area contributed by atoms with Gasteiger partial charge in [-0.05, 0) is 63.8 Å². The number of benzene rings is 2. The topological polar surface area (TPSA) is 45.2 Å². The lowest BCUT2D eigenvalue weighted by Gasteiger charge is -2.22. The number of aryl methyl sites for hydroxylation is 1. The Bertz CT molecular complexity index is 938. The van der Waals surface area contributed by atoms with Crippen molar-refractivity contribution < 1.29 is 9.18 Å². The minimum Gasteiger partial charge on any atom is -0.345 e. The summed E-state index contributed by atoms with van der Waals surface area (Å²) in [6.45, 7) is 2.64. The third-order valence-electron chi connectivity index (χ3n) is 4.60. The molecule has 1 amide bonds. The van der Waals surface area contributed by atoms with Crippen LogP contribution in [0.5, 0.6) is 0 Å². The van der Waals surface area contributed by atoms with E-state index >= 15 is 0 Å². The van der Waals surface area contributed by atoms with Crippen LogP contribution in [-0.2, 0) is 0 Å². The Morgan fingerprint density at radius 2 is 1.85 bits per heavy atom. The normalized spacial score (nSPS) is 12.3. The van der Waals surface area contributed by atoms with Gasteiger partial charge in [0, 0.05) is 5.39 Å². The largest absolute Gasteiger partial charge is 0.345 e. The Kier molecular flexibility index (Phi) is 5.81. The number of carbonyl (C=O) groups is 1. The zero-order valence-corrected chi connectivity index (χ0v) is 15.9. The van der Waals surface area contributed by atoms with Gasteiger partial charge in [0.1, 0.15) is 5.82 Å². The van der Waals surface area contributed by atoms with E-state index in [1.807, 2.05) is 51.4 Å². The molecule has 0 aliphatic rings. The second-order valence-corrected chi connectivity index (χ2v) is 6.98. The van der Waals surface area contributed by atoms with Crippen molar-refractivity contribution in [2.45, 2.75) is 19.4 Å². The van der Waals surface area contributed by atoms with Gasteiger partial charge in [-0.15, -0.1) is 0 Å². The van der Waals surface area contributed by atoms with Crippen molar-refractivity contribution in [2.24, 2.45) is 0 Å². The number of hydrogen-bond donors (Lipinski definition) is 1. The molecule has 5 heteroatoms. The zero-order valence-electron chi connectivity index (χ0n) is 15.9. The monoisotopic (exact) mass is 365 g/mol. The first kappa shape index (κ1) is 19.0. The number of amides is 1. The minimum absolute atomic E-state index is 0.168. The first-order chi connectivity index (χ1) is 12.9. The van der Waals surface area contributed by atoms with Gasteiger partial charge in [-0.25, -0.2) is 4.39 Å². The van der Waals surface area contributed by atoms with Gasteiger partial charge in [-0.2, -0.15) is 0 Å². The molecule has 0 fully saturated rings. The average molecular weight is 365 g/mol. The Balaban J connectivity index is 1.87. The number of nitrogens with zero attached hydrogens (tertiary/aromatic N) is 2. The van der Waals surface area contributed by atoms with Crippen molar-refractivity contribution in [3.05, 3.63) is 77.2 Å². The maximum absolute atomic E-state index is 13.3. The molecule has 1 N–H and O–H groups in total. The number of pyridine rings is 1. The molecule has 0 spiro atoms. The Labute approximate surface area is 159 Å². The summed E-state index contributed by atoms with van der Waals surface area (Å²) in [5.74, 6) is -0.454. The van der Waals surface area contributed by atoms with E-state index in [-0.39, 0.29) is 17.8 Å². The van der Waals surface area contributed by atoms with E-state index in [0.29, 0.717) is 11.3 Å². The number of aromatic nitrogens is 1. The smallest absolute Gasteiger partial charge is 0.253 e. The van der Waals surface area contributed by atoms with Crippen LogP contribution in [0.3, 0.4) is 0 Å². The fraction of sp³-hybridized carbons (Fsp3) is 0.273. The number of fused-ring (bicyclic) bond motifs is 1. The highest BCUT2D eigenvalue weighted by Crippen LogP contribution is 2.21. The lowest BCUT2D eigenvalue weighted by atomic mass is 10.0. The van der Waals surface area contributed by atoms with E-state index in [2.05, 4.69) is 15.2 Å². The summed E-state index contributed by atoms with van der Waals surface area (Å²) in [4.78, 5) is 19.6. The molecule has 140 valence electrons. The van der Waals surface area contributed by atoms with Gasteiger partial charge < -0.3 is 10.2 Å². The quantitative estimate of drug-likeness (QED) is 0.715. The number of nitrogens with one attached hydrogen (secondary N) is 1. The third-order valence-corrected chi connectivity index (χ3v) is 4.60. The maximum atomic E-state index is 13.3. The molecule has 2 aromatic carbocycles. The SMILES string of the molecule is Cc1nc2ccccc2cc1C(=O)NC(CCN(C)C)c1ccc(F)cc1. The lowest BCUT2D eigenvalue weighted by molar-refractivity contribution is 0.0932. The highest BCUT2D eigenvalue weighted by Gasteiger charge is 2.18. The molecular weight excluding hydrogens is 341 g/mol. The van der Waals surface area contributed by atoms with E-state index < -0.39 is 0 Å². The minimum atomic E-state index is -0.286. The molecule has 4 nitrogen and oxygen atoms in total. The third kappa shape index (κ3) is 4.68. The standard InChI is InChI=1S/C22H24FN3O/c1-15-19(14-17-6-4-5-7-20(17)24-15)22(27)25-21(12-13-26(2)3)16-8-10-18(23)11-9-16/h4-11,14,21H,12-13H2,1-3H3,(H,25,27). The molecule has 27 heavy (non-hydrogen) atoms. The summed E-state index contributed by atoms with van der Waals surface area (Å²) in [5, 5.41) is 4.03. The van der Waals surface area contributed by atoms with Gasteiger partial charge in [-0.1, -0.05) is 30.3 Å². The average Bonchev–Trinajstić information content (AvgIpc) is 2.65. The molecular formula is C22H24FN3O. The van der Waals surface area contributed by atoms with Crippen LogP contribution in [0.2, 0.25) is 0 Å². The van der Waals surface area contributed by atoms with Crippen molar-refractivity contribution in [1.29, 1.82) is 0 Å². The number of para-hydroxylation sites is 1. The highest BCUT2D eigenvalue weighted by molar-refractivity contribution is 5.98. The summed E-state index contributed by atoms with van der Waals surface area (Å²) in [5.41, 5.74) is 3.01. The Morgan fingerprint density at radius 1 is 1.15 bits per heavy atom. The Morgan fingerprint density at radius 3 is 2.56 bits per heavy atom. The summed E-state index contributed by atoms with van der Waals surface area (Å²) in [6.07, 6.45) is 0.727. The first-order valence-electron chi connectivity index (χ1n) is 9.01. The molecule has 0 saturated carbocycles. The summed E-state index contributed by atoms with van der Waals surface area (Å²) < 4.78 is 13.3. The van der Waals surface area contributed by atoms with Gasteiger partial charge in [0.15, 0.2) is 0 Å². The van der Waals surface area contributed by atoms with Crippen LogP contribution in [0.25, 0.3) is 10.9 Å². The summed E-state index contributed by atoms with van der Waals surface area (Å²) >= 11 is 0. The van der Waals surface area contributed by atoms with Crippen molar-refractivity contribution in [3.8, 4) is 0 Å². The van der Waals surface area contributed by atoms with Gasteiger partial charge in [0.2, 0.25) is 0 Å². The number of halogens is 1. The van der Waals surface area contributed by atoms with Gasteiger partial charge in [-0.3, -0.25) is 9.78 Å². The molecule has 0 aliphatic carbocycles. The maximum Gasteiger partial charge on any atom is 0.253 e. The fourth-order valence-electron chi connectivity index (χ4n) is 3.08. The molecule has 3 aromatic rings. The van der Waals surface area contributed by atoms with Crippen LogP contribution in [-0.4, -0.2) is 36.4 Å². The molecule has 1 heterocycles. The second-order valence-electron chi connectivity index (χ2n) is 6.98. The van der Waals surface area contributed by atoms with Crippen LogP contribution in [0.4, 0.5) is 4.39 Å². The number of carbonyl (C=O) groups excluding carboxylic acids is 1. The molecule has 0 radical (unpaired) electrons. The summed E-state index contributed by atoms with van der Waals surface area (Å²) in [7, 11) is 3.97. The van der Waals surface area contributed by atoms with Gasteiger partial charge in [0.25, 0.3) is 5.91 Å². The van der Waals surface area contributed by atoms with Crippen molar-refractivity contribution in [2.75, 3.05) is 20.6 Å². The predicted molar refractivity (Wildman–Crippen MR) is 106 cm³/mol. The highest BCUT2D eigenvalue weighted by atomic mass is 19.1. The van der Waals surface area contributed by atoms with Crippen LogP contribution >= 0.6 is 0 Å². The van der Waals surface area contributed by atoms with E-state index in [4.69, 9.17) is 0 Å². The van der Waals surface area contributed by atoms with Crippen molar-refractivity contribution >= 4 is 16.8 Å². The van der Waals surface area contributed by atoms with Crippen LogP contribution in [0.1, 0.15) is 34.1 Å². The molecule has 0 aliphatic heterocycles. The fourth-order valence-corrected chi connectivity index (χ4v) is 3.08. The van der Waals surface area contributed by atoms with E-state index in [1.54, 1.807) is 12.1 Å². The van der Waals surface area contributed by atoms with Crippen molar-refractivity contribution in [1.82, 2.24) is 15.2 Å². The predicted octanol–water partition coefficient (Wildman–Crippen LogP) is 4.11. The van der Waals surface area contributed by atoms with Crippen molar-refractivity contribution in [3.63, 3.8) is 0 Å². The Hall–Kier alpha value is -2.79. The summed E-state index contributed by atoms with van der Waals surface area (Å²) in [6, 6.07) is 15.7. The first-order valence-corrected chi connectivity index (χ1v) is 9.01. The van der Waals surface area contributed by atoms with Crippen LogP contribution in [0, 0.1) is 12.7 Å². The van der Waals surface area contributed by atoms with Gasteiger partial charge in [0.05, 0.1) is 22.8 Å². The van der Waals surface area contributed by atoms with E-state index in [9.17, 15) is 9.18 Å². The number of hydrogen-bond acceptors (Lipinski definition) is 3. The lowest BCUT2D eigenvalue weighted by Crippen LogP contribution is -2.31. The van der Waals surface area contributed by atoms with Crippen LogP contribution < -0.4 is 5.32 Å². The van der Waals surface area contributed by atoms with E-state index in [1.165, 1.54) is 12.1 Å². The van der Waals surface area contributed by atoms with Gasteiger partial charge >= 0.3 is 0 Å². The number of rotatable bonds is 6. The van der Waals surface area contributed by atoms with E-state index in [0.717, 1.165) is 29.4 Å². The molecule has 1 atom stereocenters. The zero-order chi connectivity index (χ0) is 19.4.